The zero-order chi connectivity index (χ0) is 37.9. The number of furan rings is 2. The molecule has 2 aromatic heterocycles. The van der Waals surface area contributed by atoms with E-state index in [0.717, 1.165) is 38.5 Å². The number of benzene rings is 11. The molecule has 0 amide bonds. The topological polar surface area (TPSA) is 26.3 Å². The number of hydrogen-bond acceptors (Lipinski definition) is 2. The van der Waals surface area contributed by atoms with Crippen LogP contribution in [0.15, 0.2) is 203 Å². The van der Waals surface area contributed by atoms with Gasteiger partial charge in [-0.05, 0) is 124 Å². The van der Waals surface area contributed by atoms with E-state index < -0.39 is 0 Å². The summed E-state index contributed by atoms with van der Waals surface area (Å²) in [6, 6.07) is 70.5. The molecule has 0 atom stereocenters. The molecular weight excluding hydrogens is 705 g/mol. The maximum absolute atomic E-state index is 6.46. The van der Waals surface area contributed by atoms with Gasteiger partial charge in [0.1, 0.15) is 22.3 Å². The van der Waals surface area contributed by atoms with Crippen LogP contribution in [0.25, 0.3) is 131 Å². The summed E-state index contributed by atoms with van der Waals surface area (Å²) in [6.07, 6.45) is 0. The molecule has 13 rings (SSSR count). The summed E-state index contributed by atoms with van der Waals surface area (Å²) in [5, 5.41) is 16.8. The van der Waals surface area contributed by atoms with Crippen LogP contribution < -0.4 is 0 Å². The standard InChI is InChI=1S/C56H32O2/c1-2-14-36-33(13-1)25-30-51-54(36)47-32-35(27-29-50(47)58-51)53-40-18-5-9-22-44(40)56(45-23-10-6-19-41(45)53)55-42-20-7-3-16-38(42)52(39-17-4-8-21-43(39)55)34-26-28-49-46(31-34)37-15-11-12-24-48(37)57-49/h1-32H. The van der Waals surface area contributed by atoms with E-state index in [-0.39, 0.29) is 0 Å². The Kier molecular flexibility index (Phi) is 6.47. The molecule has 58 heavy (non-hydrogen) atoms. The van der Waals surface area contributed by atoms with Crippen molar-refractivity contribution in [3.8, 4) is 33.4 Å². The second-order valence-electron chi connectivity index (χ2n) is 15.5. The van der Waals surface area contributed by atoms with Crippen LogP contribution in [0.4, 0.5) is 0 Å². The van der Waals surface area contributed by atoms with Crippen LogP contribution in [-0.2, 0) is 0 Å². The van der Waals surface area contributed by atoms with Crippen LogP contribution >= 0.6 is 0 Å². The average molecular weight is 737 g/mol. The minimum atomic E-state index is 0.901. The van der Waals surface area contributed by atoms with Crippen LogP contribution in [0.3, 0.4) is 0 Å². The van der Waals surface area contributed by atoms with E-state index in [2.05, 4.69) is 182 Å². The van der Waals surface area contributed by atoms with Gasteiger partial charge in [-0.1, -0.05) is 158 Å². The maximum atomic E-state index is 6.46. The third kappa shape index (κ3) is 4.37. The van der Waals surface area contributed by atoms with Crippen LogP contribution in [0, 0.1) is 0 Å². The molecule has 0 aliphatic heterocycles. The molecule has 2 heterocycles. The predicted molar refractivity (Wildman–Crippen MR) is 245 cm³/mol. The van der Waals surface area contributed by atoms with Crippen LogP contribution in [0.2, 0.25) is 0 Å². The Bertz CT molecular complexity index is 3750. The van der Waals surface area contributed by atoms with Gasteiger partial charge in [-0.15, -0.1) is 0 Å². The van der Waals surface area contributed by atoms with Gasteiger partial charge in [0, 0.05) is 21.5 Å². The molecule has 0 fully saturated rings. The molecule has 0 unspecified atom stereocenters. The monoisotopic (exact) mass is 736 g/mol. The molecule has 2 heteroatoms. The zero-order valence-electron chi connectivity index (χ0n) is 31.3. The normalized spacial score (nSPS) is 12.1. The first-order valence-electron chi connectivity index (χ1n) is 19.9. The van der Waals surface area contributed by atoms with Gasteiger partial charge < -0.3 is 8.83 Å². The molecule has 0 bridgehead atoms. The summed E-state index contributed by atoms with van der Waals surface area (Å²) < 4.78 is 12.7. The highest BCUT2D eigenvalue weighted by atomic mass is 16.3. The van der Waals surface area contributed by atoms with E-state index in [1.165, 1.54) is 92.6 Å². The minimum absolute atomic E-state index is 0.901. The van der Waals surface area contributed by atoms with Gasteiger partial charge in [0.15, 0.2) is 0 Å². The van der Waals surface area contributed by atoms with E-state index in [1.54, 1.807) is 0 Å². The van der Waals surface area contributed by atoms with Crippen molar-refractivity contribution in [2.24, 2.45) is 0 Å². The third-order valence-corrected chi connectivity index (χ3v) is 12.4. The van der Waals surface area contributed by atoms with Gasteiger partial charge >= 0.3 is 0 Å². The van der Waals surface area contributed by atoms with Gasteiger partial charge in [0.25, 0.3) is 0 Å². The van der Waals surface area contributed by atoms with Crippen molar-refractivity contribution >= 4 is 97.7 Å². The summed E-state index contributed by atoms with van der Waals surface area (Å²) in [4.78, 5) is 0. The highest BCUT2D eigenvalue weighted by Crippen LogP contribution is 2.51. The lowest BCUT2D eigenvalue weighted by atomic mass is 9.81. The molecule has 11 aromatic carbocycles. The van der Waals surface area contributed by atoms with Crippen molar-refractivity contribution in [1.29, 1.82) is 0 Å². The largest absolute Gasteiger partial charge is 0.456 e. The average Bonchev–Trinajstić information content (AvgIpc) is 3.85. The predicted octanol–water partition coefficient (Wildman–Crippen LogP) is 16.3. The second kappa shape index (κ2) is 11.9. The lowest BCUT2D eigenvalue weighted by Gasteiger charge is -2.22. The Morgan fingerprint density at radius 3 is 1.12 bits per heavy atom. The number of para-hydroxylation sites is 1. The lowest BCUT2D eigenvalue weighted by Crippen LogP contribution is -1.94. The highest BCUT2D eigenvalue weighted by Gasteiger charge is 2.23. The van der Waals surface area contributed by atoms with Gasteiger partial charge in [-0.2, -0.15) is 0 Å². The molecule has 13 aromatic rings. The molecule has 0 saturated carbocycles. The fourth-order valence-corrected chi connectivity index (χ4v) is 10.0. The third-order valence-electron chi connectivity index (χ3n) is 12.4. The Hall–Kier alpha value is -7.68. The first kappa shape index (κ1) is 31.5. The summed E-state index contributed by atoms with van der Waals surface area (Å²) in [5.41, 5.74) is 11.0. The van der Waals surface area contributed by atoms with Crippen molar-refractivity contribution < 1.29 is 8.83 Å². The molecule has 2 nitrogen and oxygen atoms in total. The van der Waals surface area contributed by atoms with Crippen molar-refractivity contribution in [2.75, 3.05) is 0 Å². The molecular formula is C56H32O2. The number of fused-ring (bicyclic) bond motifs is 12. The summed E-state index contributed by atoms with van der Waals surface area (Å²) in [6.45, 7) is 0. The number of hydrogen-bond donors (Lipinski definition) is 0. The van der Waals surface area contributed by atoms with E-state index >= 15 is 0 Å². The van der Waals surface area contributed by atoms with Crippen molar-refractivity contribution in [3.05, 3.63) is 194 Å². The van der Waals surface area contributed by atoms with Crippen molar-refractivity contribution in [1.82, 2.24) is 0 Å². The summed E-state index contributed by atoms with van der Waals surface area (Å²) in [5.74, 6) is 0. The van der Waals surface area contributed by atoms with Crippen LogP contribution in [0.5, 0.6) is 0 Å². The number of rotatable bonds is 3. The minimum Gasteiger partial charge on any atom is -0.456 e. The van der Waals surface area contributed by atoms with Gasteiger partial charge in [-0.25, -0.2) is 0 Å². The summed E-state index contributed by atoms with van der Waals surface area (Å²) >= 11 is 0. The second-order valence-corrected chi connectivity index (χ2v) is 15.5. The molecule has 0 N–H and O–H groups in total. The van der Waals surface area contributed by atoms with Gasteiger partial charge in [0.2, 0.25) is 0 Å². The summed E-state index contributed by atoms with van der Waals surface area (Å²) in [7, 11) is 0. The van der Waals surface area contributed by atoms with Crippen LogP contribution in [-0.4, -0.2) is 0 Å². The highest BCUT2D eigenvalue weighted by molar-refractivity contribution is 6.30. The Morgan fingerprint density at radius 2 is 0.586 bits per heavy atom. The smallest absolute Gasteiger partial charge is 0.136 e. The SMILES string of the molecule is c1ccc2c(c1)ccc1oc3ccc(-c4c5ccccc5c(-c5c6ccccc6c(-c6ccc7oc8ccccc8c7c6)c6ccccc56)c5ccccc45)cc3c12. The molecule has 0 aliphatic carbocycles. The van der Waals surface area contributed by atoms with E-state index in [0.29, 0.717) is 0 Å². The fourth-order valence-electron chi connectivity index (χ4n) is 10.0. The Labute approximate surface area is 332 Å². The zero-order valence-corrected chi connectivity index (χ0v) is 31.3. The van der Waals surface area contributed by atoms with Crippen LogP contribution in [0.1, 0.15) is 0 Å². The van der Waals surface area contributed by atoms with Gasteiger partial charge in [0.05, 0.1) is 0 Å². The van der Waals surface area contributed by atoms with E-state index in [9.17, 15) is 0 Å². The Morgan fingerprint density at radius 1 is 0.224 bits per heavy atom. The lowest BCUT2D eigenvalue weighted by molar-refractivity contribution is 0.668. The molecule has 268 valence electrons. The van der Waals surface area contributed by atoms with Crippen molar-refractivity contribution in [3.63, 3.8) is 0 Å². The fraction of sp³-hybridized carbons (Fsp3) is 0. The quantitative estimate of drug-likeness (QED) is 0.169. The van der Waals surface area contributed by atoms with E-state index in [1.807, 2.05) is 12.1 Å². The first-order valence-corrected chi connectivity index (χ1v) is 19.9. The van der Waals surface area contributed by atoms with E-state index in [4.69, 9.17) is 8.83 Å². The molecule has 0 radical (unpaired) electrons. The maximum Gasteiger partial charge on any atom is 0.136 e. The van der Waals surface area contributed by atoms with Gasteiger partial charge in [-0.3, -0.25) is 0 Å². The molecule has 0 aliphatic rings. The first-order chi connectivity index (χ1) is 28.8. The molecule has 0 saturated heterocycles. The van der Waals surface area contributed by atoms with Crippen molar-refractivity contribution in [2.45, 2.75) is 0 Å². The Balaban J connectivity index is 1.12. The molecule has 0 spiro atoms.